The number of hydrogen-bond acceptors (Lipinski definition) is 2. The zero-order valence-electron chi connectivity index (χ0n) is 8.93. The van der Waals surface area contributed by atoms with Crippen LogP contribution in [0.25, 0.3) is 0 Å². The molecular formula is C11H20N2. The fourth-order valence-electron chi connectivity index (χ4n) is 2.12. The van der Waals surface area contributed by atoms with Gasteiger partial charge in [0.25, 0.3) is 0 Å². The minimum atomic E-state index is 0.0833. The molecule has 74 valence electrons. The van der Waals surface area contributed by atoms with Crippen LogP contribution in [0.4, 0.5) is 0 Å². The first-order chi connectivity index (χ1) is 6.12. The molecule has 0 amide bonds. The molecule has 0 saturated carbocycles. The van der Waals surface area contributed by atoms with Crippen molar-refractivity contribution in [1.29, 1.82) is 0 Å². The Morgan fingerprint density at radius 2 is 1.92 bits per heavy atom. The largest absolute Gasteiger partial charge is 0.305 e. The summed E-state index contributed by atoms with van der Waals surface area (Å²) in [6.45, 7) is 6.82. The SMILES string of the molecule is C#CC(NC)C(C)(C)N1CCCC1. The third-order valence-corrected chi connectivity index (χ3v) is 3.08. The highest BCUT2D eigenvalue weighted by Crippen LogP contribution is 2.23. The lowest BCUT2D eigenvalue weighted by Gasteiger charge is -2.39. The van der Waals surface area contributed by atoms with Crippen LogP contribution in [0, 0.1) is 12.3 Å². The Balaban J connectivity index is 2.67. The third-order valence-electron chi connectivity index (χ3n) is 3.08. The molecule has 0 bridgehead atoms. The Kier molecular flexibility index (Phi) is 3.35. The molecule has 2 heteroatoms. The topological polar surface area (TPSA) is 15.3 Å². The second-order valence-corrected chi connectivity index (χ2v) is 4.24. The van der Waals surface area contributed by atoms with Gasteiger partial charge in [0.1, 0.15) is 0 Å². The standard InChI is InChI=1S/C11H20N2/c1-5-10(12-4)11(2,3)13-8-6-7-9-13/h1,10,12H,6-9H2,2-4H3. The summed E-state index contributed by atoms with van der Waals surface area (Å²) in [5, 5.41) is 3.19. The molecule has 0 radical (unpaired) electrons. The average Bonchev–Trinajstić information content (AvgIpc) is 2.58. The van der Waals surface area contributed by atoms with Gasteiger partial charge in [-0.15, -0.1) is 6.42 Å². The quantitative estimate of drug-likeness (QED) is 0.654. The molecular weight excluding hydrogens is 160 g/mol. The molecule has 1 aliphatic heterocycles. The van der Waals surface area contributed by atoms with E-state index in [9.17, 15) is 0 Å². The molecule has 1 N–H and O–H groups in total. The van der Waals surface area contributed by atoms with Gasteiger partial charge in [-0.25, -0.2) is 0 Å². The van der Waals surface area contributed by atoms with Gasteiger partial charge in [0.2, 0.25) is 0 Å². The molecule has 1 atom stereocenters. The zero-order valence-corrected chi connectivity index (χ0v) is 8.93. The van der Waals surface area contributed by atoms with Crippen molar-refractivity contribution in [2.24, 2.45) is 0 Å². The third kappa shape index (κ3) is 2.04. The maximum Gasteiger partial charge on any atom is 0.0865 e. The van der Waals surface area contributed by atoms with Gasteiger partial charge in [-0.1, -0.05) is 5.92 Å². The van der Waals surface area contributed by atoms with Crippen molar-refractivity contribution in [3.05, 3.63) is 0 Å². The molecule has 0 aromatic rings. The van der Waals surface area contributed by atoms with E-state index in [-0.39, 0.29) is 11.6 Å². The lowest BCUT2D eigenvalue weighted by Crippen LogP contribution is -2.55. The van der Waals surface area contributed by atoms with E-state index in [1.165, 1.54) is 25.9 Å². The molecule has 1 heterocycles. The van der Waals surface area contributed by atoms with Gasteiger partial charge in [0.15, 0.2) is 0 Å². The Morgan fingerprint density at radius 1 is 1.38 bits per heavy atom. The first-order valence-corrected chi connectivity index (χ1v) is 5.01. The van der Waals surface area contributed by atoms with E-state index >= 15 is 0 Å². The molecule has 1 unspecified atom stereocenters. The molecule has 0 aromatic carbocycles. The van der Waals surface area contributed by atoms with Gasteiger partial charge in [0.05, 0.1) is 6.04 Å². The molecule has 2 nitrogen and oxygen atoms in total. The smallest absolute Gasteiger partial charge is 0.0865 e. The van der Waals surface area contributed by atoms with Gasteiger partial charge in [-0.05, 0) is 46.8 Å². The van der Waals surface area contributed by atoms with Crippen LogP contribution in [0.5, 0.6) is 0 Å². The number of rotatable bonds is 3. The molecule has 1 rings (SSSR count). The summed E-state index contributed by atoms with van der Waals surface area (Å²) in [7, 11) is 1.93. The van der Waals surface area contributed by atoms with E-state index in [0.717, 1.165) is 0 Å². The van der Waals surface area contributed by atoms with Crippen LogP contribution in [0.1, 0.15) is 26.7 Å². The van der Waals surface area contributed by atoms with Crippen LogP contribution >= 0.6 is 0 Å². The van der Waals surface area contributed by atoms with Gasteiger partial charge < -0.3 is 5.32 Å². The van der Waals surface area contributed by atoms with Crippen molar-refractivity contribution in [2.45, 2.75) is 38.3 Å². The minimum Gasteiger partial charge on any atom is -0.305 e. The van der Waals surface area contributed by atoms with E-state index < -0.39 is 0 Å². The number of nitrogens with zero attached hydrogens (tertiary/aromatic N) is 1. The Bertz CT molecular complexity index is 197. The maximum absolute atomic E-state index is 5.50. The van der Waals surface area contributed by atoms with Gasteiger partial charge >= 0.3 is 0 Å². The number of likely N-dealkylation sites (N-methyl/N-ethyl adjacent to an activating group) is 1. The van der Waals surface area contributed by atoms with Crippen molar-refractivity contribution >= 4 is 0 Å². The molecule has 13 heavy (non-hydrogen) atoms. The molecule has 1 saturated heterocycles. The van der Waals surface area contributed by atoms with E-state index in [0.29, 0.717) is 0 Å². The van der Waals surface area contributed by atoms with Crippen molar-refractivity contribution in [3.8, 4) is 12.3 Å². The summed E-state index contributed by atoms with van der Waals surface area (Å²) in [5.74, 6) is 2.82. The number of hydrogen-bond donors (Lipinski definition) is 1. The van der Waals surface area contributed by atoms with Gasteiger partial charge in [-0.2, -0.15) is 0 Å². The lowest BCUT2D eigenvalue weighted by atomic mass is 9.93. The molecule has 0 spiro atoms. The fourth-order valence-corrected chi connectivity index (χ4v) is 2.12. The summed E-state index contributed by atoms with van der Waals surface area (Å²) in [5.41, 5.74) is 0.0833. The van der Waals surface area contributed by atoms with Crippen LogP contribution in [0.2, 0.25) is 0 Å². The van der Waals surface area contributed by atoms with Crippen molar-refractivity contribution in [1.82, 2.24) is 10.2 Å². The molecule has 0 aliphatic carbocycles. The predicted molar refractivity (Wildman–Crippen MR) is 56.6 cm³/mol. The van der Waals surface area contributed by atoms with Crippen molar-refractivity contribution in [3.63, 3.8) is 0 Å². The molecule has 1 aliphatic rings. The Morgan fingerprint density at radius 3 is 2.31 bits per heavy atom. The van der Waals surface area contributed by atoms with Crippen LogP contribution in [0.3, 0.4) is 0 Å². The normalized spacial score (nSPS) is 21.4. The molecule has 0 aromatic heterocycles. The second-order valence-electron chi connectivity index (χ2n) is 4.24. The highest BCUT2D eigenvalue weighted by molar-refractivity contribution is 5.10. The summed E-state index contributed by atoms with van der Waals surface area (Å²) >= 11 is 0. The van der Waals surface area contributed by atoms with Crippen LogP contribution < -0.4 is 5.32 Å². The van der Waals surface area contributed by atoms with Gasteiger partial charge in [0, 0.05) is 5.54 Å². The number of nitrogens with one attached hydrogen (secondary N) is 1. The van der Waals surface area contributed by atoms with Crippen LogP contribution in [0.15, 0.2) is 0 Å². The first kappa shape index (κ1) is 10.6. The molecule has 1 fully saturated rings. The maximum atomic E-state index is 5.50. The van der Waals surface area contributed by atoms with Crippen LogP contribution in [-0.4, -0.2) is 36.6 Å². The number of likely N-dealkylation sites (tertiary alicyclic amines) is 1. The predicted octanol–water partition coefficient (Wildman–Crippen LogP) is 1.08. The van der Waals surface area contributed by atoms with Crippen molar-refractivity contribution in [2.75, 3.05) is 20.1 Å². The van der Waals surface area contributed by atoms with E-state index in [1.807, 2.05) is 7.05 Å². The van der Waals surface area contributed by atoms with Crippen LogP contribution in [-0.2, 0) is 0 Å². The highest BCUT2D eigenvalue weighted by atomic mass is 15.2. The summed E-state index contributed by atoms with van der Waals surface area (Å²) < 4.78 is 0. The lowest BCUT2D eigenvalue weighted by molar-refractivity contribution is 0.132. The van der Waals surface area contributed by atoms with E-state index in [1.54, 1.807) is 0 Å². The average molecular weight is 180 g/mol. The minimum absolute atomic E-state index is 0.0833. The second kappa shape index (κ2) is 4.13. The van der Waals surface area contributed by atoms with Gasteiger partial charge in [-0.3, -0.25) is 4.90 Å². The number of terminal acetylenes is 1. The monoisotopic (exact) mass is 180 g/mol. The Labute approximate surface area is 81.7 Å². The fraction of sp³-hybridized carbons (Fsp3) is 0.818. The van der Waals surface area contributed by atoms with E-state index in [4.69, 9.17) is 6.42 Å². The summed E-state index contributed by atoms with van der Waals surface area (Å²) in [4.78, 5) is 2.48. The summed E-state index contributed by atoms with van der Waals surface area (Å²) in [6.07, 6.45) is 8.12. The van der Waals surface area contributed by atoms with E-state index in [2.05, 4.69) is 30.0 Å². The van der Waals surface area contributed by atoms with Crippen molar-refractivity contribution < 1.29 is 0 Å². The zero-order chi connectivity index (χ0) is 9.90. The Hall–Kier alpha value is -0.520. The highest BCUT2D eigenvalue weighted by Gasteiger charge is 2.34. The first-order valence-electron chi connectivity index (χ1n) is 5.01. The summed E-state index contributed by atoms with van der Waals surface area (Å²) in [6, 6.07) is 0.144.